The Morgan fingerprint density at radius 3 is 2.74 bits per heavy atom. The minimum absolute atomic E-state index is 0.0130. The van der Waals surface area contributed by atoms with Crippen LogP contribution in [0.2, 0.25) is 0 Å². The Balaban J connectivity index is 2.03. The number of nitrogen functional groups attached to an aromatic ring is 1. The van der Waals surface area contributed by atoms with E-state index in [0.29, 0.717) is 36.6 Å². The molecule has 0 aromatic carbocycles. The lowest BCUT2D eigenvalue weighted by molar-refractivity contribution is 0.0614. The van der Waals surface area contributed by atoms with E-state index < -0.39 is 0 Å². The zero-order valence-corrected chi connectivity index (χ0v) is 11.2. The van der Waals surface area contributed by atoms with Crippen molar-refractivity contribution in [3.63, 3.8) is 0 Å². The van der Waals surface area contributed by atoms with E-state index in [-0.39, 0.29) is 12.5 Å². The fourth-order valence-corrected chi connectivity index (χ4v) is 2.25. The zero-order chi connectivity index (χ0) is 13.8. The number of amides is 1. The van der Waals surface area contributed by atoms with E-state index in [1.165, 1.54) is 0 Å². The van der Waals surface area contributed by atoms with Crippen LogP contribution in [-0.2, 0) is 0 Å². The molecule has 3 N–H and O–H groups in total. The maximum absolute atomic E-state index is 12.4. The Morgan fingerprint density at radius 2 is 2.11 bits per heavy atom. The summed E-state index contributed by atoms with van der Waals surface area (Å²) in [7, 11) is 0. The van der Waals surface area contributed by atoms with Crippen molar-refractivity contribution in [2.75, 3.05) is 45.1 Å². The van der Waals surface area contributed by atoms with Crippen LogP contribution in [0.25, 0.3) is 0 Å². The van der Waals surface area contributed by atoms with Gasteiger partial charge in [-0.15, -0.1) is 0 Å². The van der Waals surface area contributed by atoms with E-state index in [9.17, 15) is 4.79 Å². The number of hydrogen-bond donors (Lipinski definition) is 2. The van der Waals surface area contributed by atoms with Crippen molar-refractivity contribution in [3.8, 4) is 0 Å². The van der Waals surface area contributed by atoms with Gasteiger partial charge in [0.15, 0.2) is 0 Å². The van der Waals surface area contributed by atoms with Gasteiger partial charge in [0.2, 0.25) is 0 Å². The Hall–Kier alpha value is -1.66. The number of β-amino-alcohol motifs (C(OH)–C–C–N with tert-alkyl or cyclic N) is 1. The van der Waals surface area contributed by atoms with E-state index in [2.05, 4.69) is 9.88 Å². The van der Waals surface area contributed by atoms with Crippen molar-refractivity contribution in [1.29, 1.82) is 0 Å². The van der Waals surface area contributed by atoms with Crippen LogP contribution in [-0.4, -0.2) is 65.1 Å². The summed E-state index contributed by atoms with van der Waals surface area (Å²) >= 11 is 0. The summed E-state index contributed by atoms with van der Waals surface area (Å²) in [5.74, 6) is -0.0130. The quantitative estimate of drug-likeness (QED) is 0.785. The van der Waals surface area contributed by atoms with Gasteiger partial charge in [0, 0.05) is 32.7 Å². The highest BCUT2D eigenvalue weighted by Crippen LogP contribution is 2.14. The van der Waals surface area contributed by atoms with Crippen LogP contribution in [0.4, 0.5) is 5.69 Å². The summed E-state index contributed by atoms with van der Waals surface area (Å²) < 4.78 is 0. The first kappa shape index (κ1) is 13.8. The highest BCUT2D eigenvalue weighted by molar-refractivity contribution is 5.96. The number of carbonyl (C=O) groups is 1. The number of nitrogens with zero attached hydrogens (tertiary/aromatic N) is 3. The first-order chi connectivity index (χ1) is 9.11. The van der Waals surface area contributed by atoms with Crippen molar-refractivity contribution in [2.45, 2.75) is 6.92 Å². The normalized spacial score (nSPS) is 16.6. The highest BCUT2D eigenvalue weighted by Gasteiger charge is 2.23. The first-order valence-electron chi connectivity index (χ1n) is 6.46. The number of aromatic nitrogens is 1. The van der Waals surface area contributed by atoms with Crippen LogP contribution < -0.4 is 5.73 Å². The molecule has 0 radical (unpaired) electrons. The number of rotatable bonds is 3. The molecule has 2 heterocycles. The van der Waals surface area contributed by atoms with Gasteiger partial charge in [0.1, 0.15) is 0 Å². The van der Waals surface area contributed by atoms with Crippen molar-refractivity contribution in [3.05, 3.63) is 23.5 Å². The van der Waals surface area contributed by atoms with Gasteiger partial charge in [-0.2, -0.15) is 0 Å². The summed E-state index contributed by atoms with van der Waals surface area (Å²) in [6.07, 6.45) is 1.56. The van der Waals surface area contributed by atoms with Gasteiger partial charge in [0.05, 0.1) is 29.7 Å². The third-order valence-electron chi connectivity index (χ3n) is 3.41. The molecule has 19 heavy (non-hydrogen) atoms. The largest absolute Gasteiger partial charge is 0.397 e. The Morgan fingerprint density at radius 1 is 1.42 bits per heavy atom. The predicted octanol–water partition coefficient (Wildman–Crippen LogP) is -0.278. The molecule has 1 aliphatic heterocycles. The fourth-order valence-electron chi connectivity index (χ4n) is 2.25. The number of anilines is 1. The molecule has 0 unspecified atom stereocenters. The molecule has 0 spiro atoms. The second-order valence-electron chi connectivity index (χ2n) is 4.76. The average molecular weight is 264 g/mol. The summed E-state index contributed by atoms with van der Waals surface area (Å²) in [5.41, 5.74) is 7.48. The van der Waals surface area contributed by atoms with Crippen LogP contribution in [0.1, 0.15) is 16.1 Å². The minimum atomic E-state index is -0.0130. The van der Waals surface area contributed by atoms with Gasteiger partial charge in [0.25, 0.3) is 5.91 Å². The van der Waals surface area contributed by atoms with Crippen LogP contribution in [0.15, 0.2) is 12.3 Å². The first-order valence-corrected chi connectivity index (χ1v) is 6.46. The summed E-state index contributed by atoms with van der Waals surface area (Å²) in [6, 6.07) is 1.69. The molecular weight excluding hydrogens is 244 g/mol. The smallest absolute Gasteiger partial charge is 0.255 e. The third kappa shape index (κ3) is 3.21. The second-order valence-corrected chi connectivity index (χ2v) is 4.76. The Kier molecular flexibility index (Phi) is 4.34. The zero-order valence-electron chi connectivity index (χ0n) is 11.2. The van der Waals surface area contributed by atoms with Crippen molar-refractivity contribution >= 4 is 11.6 Å². The second kappa shape index (κ2) is 5.99. The molecule has 6 nitrogen and oxygen atoms in total. The molecule has 0 bridgehead atoms. The molecule has 0 saturated carbocycles. The molecule has 1 aromatic heterocycles. The maximum atomic E-state index is 12.4. The van der Waals surface area contributed by atoms with Gasteiger partial charge >= 0.3 is 0 Å². The third-order valence-corrected chi connectivity index (χ3v) is 3.41. The fraction of sp³-hybridized carbons (Fsp3) is 0.538. The summed E-state index contributed by atoms with van der Waals surface area (Å²) in [4.78, 5) is 20.5. The minimum Gasteiger partial charge on any atom is -0.397 e. The van der Waals surface area contributed by atoms with Crippen molar-refractivity contribution < 1.29 is 9.90 Å². The average Bonchev–Trinajstić information content (AvgIpc) is 2.42. The Labute approximate surface area is 112 Å². The summed E-state index contributed by atoms with van der Waals surface area (Å²) in [6.45, 7) is 5.57. The number of aliphatic hydroxyl groups is 1. The number of carbonyl (C=O) groups excluding carboxylic acids is 1. The molecule has 0 aliphatic carbocycles. The molecule has 1 aromatic rings. The number of aliphatic hydroxyl groups excluding tert-OH is 1. The predicted molar refractivity (Wildman–Crippen MR) is 72.8 cm³/mol. The maximum Gasteiger partial charge on any atom is 0.255 e. The molecule has 1 aliphatic rings. The van der Waals surface area contributed by atoms with E-state index >= 15 is 0 Å². The lowest BCUT2D eigenvalue weighted by Crippen LogP contribution is -2.49. The molecule has 2 rings (SSSR count). The van der Waals surface area contributed by atoms with E-state index in [0.717, 1.165) is 13.1 Å². The standard InChI is InChI=1S/C13H20N4O2/c1-10-12(8-11(14)9-15-10)13(19)17-4-2-16(3-5-17)6-7-18/h8-9,18H,2-7,14H2,1H3. The van der Waals surface area contributed by atoms with Crippen molar-refractivity contribution in [2.24, 2.45) is 0 Å². The van der Waals surface area contributed by atoms with Gasteiger partial charge in [-0.05, 0) is 13.0 Å². The monoisotopic (exact) mass is 264 g/mol. The van der Waals surface area contributed by atoms with Crippen molar-refractivity contribution in [1.82, 2.24) is 14.8 Å². The number of hydrogen-bond acceptors (Lipinski definition) is 5. The van der Waals surface area contributed by atoms with E-state index in [1.807, 2.05) is 11.8 Å². The molecular formula is C13H20N4O2. The van der Waals surface area contributed by atoms with E-state index in [4.69, 9.17) is 10.8 Å². The van der Waals surface area contributed by atoms with Crippen LogP contribution in [0, 0.1) is 6.92 Å². The molecule has 1 fully saturated rings. The van der Waals surface area contributed by atoms with Crippen LogP contribution >= 0.6 is 0 Å². The molecule has 104 valence electrons. The number of pyridine rings is 1. The van der Waals surface area contributed by atoms with E-state index in [1.54, 1.807) is 12.3 Å². The number of nitrogens with two attached hydrogens (primary N) is 1. The topological polar surface area (TPSA) is 82.7 Å². The van der Waals surface area contributed by atoms with Crippen LogP contribution in [0.3, 0.4) is 0 Å². The molecule has 0 atom stereocenters. The summed E-state index contributed by atoms with van der Waals surface area (Å²) in [5, 5.41) is 8.89. The molecule has 1 saturated heterocycles. The SMILES string of the molecule is Cc1ncc(N)cc1C(=O)N1CCN(CCO)CC1. The number of piperazine rings is 1. The van der Waals surface area contributed by atoms with Crippen LogP contribution in [0.5, 0.6) is 0 Å². The van der Waals surface area contributed by atoms with Gasteiger partial charge in [-0.3, -0.25) is 14.7 Å². The lowest BCUT2D eigenvalue weighted by Gasteiger charge is -2.34. The Bertz CT molecular complexity index is 456. The molecule has 1 amide bonds. The van der Waals surface area contributed by atoms with Gasteiger partial charge in [-0.25, -0.2) is 0 Å². The van der Waals surface area contributed by atoms with Gasteiger partial charge in [-0.1, -0.05) is 0 Å². The number of aryl methyl sites for hydroxylation is 1. The van der Waals surface area contributed by atoms with Gasteiger partial charge < -0.3 is 15.7 Å². The highest BCUT2D eigenvalue weighted by atomic mass is 16.3. The molecule has 6 heteroatoms. The lowest BCUT2D eigenvalue weighted by atomic mass is 10.1.